The van der Waals surface area contributed by atoms with Crippen LogP contribution in [0.3, 0.4) is 0 Å². The lowest BCUT2D eigenvalue weighted by Gasteiger charge is -2.03. The van der Waals surface area contributed by atoms with Crippen molar-refractivity contribution in [2.75, 3.05) is 7.11 Å². The standard InChI is InChI=1S/C15H14O2S/c1-17-11-5-2-4-10(8-11)12-9-13(12)15(16)14-6-3-7-18-14/h2-8,12-13H,9H2,1H3. The van der Waals surface area contributed by atoms with Crippen LogP contribution in [0.2, 0.25) is 0 Å². The van der Waals surface area contributed by atoms with Gasteiger partial charge in [-0.3, -0.25) is 4.79 Å². The number of ketones is 1. The third-order valence-corrected chi connectivity index (χ3v) is 4.30. The van der Waals surface area contributed by atoms with Crippen LogP contribution in [0.25, 0.3) is 0 Å². The van der Waals surface area contributed by atoms with E-state index >= 15 is 0 Å². The third kappa shape index (κ3) is 2.06. The zero-order chi connectivity index (χ0) is 12.5. The molecule has 0 radical (unpaired) electrons. The van der Waals surface area contributed by atoms with Gasteiger partial charge in [0.2, 0.25) is 0 Å². The van der Waals surface area contributed by atoms with Crippen molar-refractivity contribution in [2.45, 2.75) is 12.3 Å². The Morgan fingerprint density at radius 1 is 1.33 bits per heavy atom. The zero-order valence-electron chi connectivity index (χ0n) is 10.1. The Bertz CT molecular complexity index is 560. The highest BCUT2D eigenvalue weighted by Gasteiger charge is 2.44. The summed E-state index contributed by atoms with van der Waals surface area (Å²) in [5, 5.41) is 1.95. The van der Waals surface area contributed by atoms with Gasteiger partial charge in [0, 0.05) is 5.92 Å². The van der Waals surface area contributed by atoms with Gasteiger partial charge in [0.05, 0.1) is 12.0 Å². The molecule has 0 bridgehead atoms. The van der Waals surface area contributed by atoms with Gasteiger partial charge in [0.1, 0.15) is 5.75 Å². The number of carbonyl (C=O) groups is 1. The summed E-state index contributed by atoms with van der Waals surface area (Å²) in [4.78, 5) is 13.1. The van der Waals surface area contributed by atoms with Crippen molar-refractivity contribution in [1.82, 2.24) is 0 Å². The summed E-state index contributed by atoms with van der Waals surface area (Å²) in [6.07, 6.45) is 0.962. The van der Waals surface area contributed by atoms with Crippen molar-refractivity contribution in [3.8, 4) is 5.75 Å². The molecule has 1 heterocycles. The van der Waals surface area contributed by atoms with Crippen LogP contribution in [-0.2, 0) is 0 Å². The van der Waals surface area contributed by atoms with Crippen molar-refractivity contribution in [1.29, 1.82) is 0 Å². The van der Waals surface area contributed by atoms with E-state index in [-0.39, 0.29) is 11.7 Å². The van der Waals surface area contributed by atoms with Gasteiger partial charge in [-0.1, -0.05) is 18.2 Å². The fourth-order valence-electron chi connectivity index (χ4n) is 2.33. The first kappa shape index (κ1) is 11.5. The maximum absolute atomic E-state index is 12.2. The molecule has 1 aliphatic rings. The van der Waals surface area contributed by atoms with E-state index < -0.39 is 0 Å². The van der Waals surface area contributed by atoms with Crippen molar-refractivity contribution in [3.05, 3.63) is 52.2 Å². The SMILES string of the molecule is COc1cccc(C2CC2C(=O)c2cccs2)c1. The van der Waals surface area contributed by atoms with Gasteiger partial charge in [0.15, 0.2) is 5.78 Å². The molecular weight excluding hydrogens is 244 g/mol. The molecule has 92 valence electrons. The van der Waals surface area contributed by atoms with Gasteiger partial charge < -0.3 is 4.74 Å². The van der Waals surface area contributed by atoms with Crippen LogP contribution in [0, 0.1) is 5.92 Å². The molecule has 2 unspecified atom stereocenters. The zero-order valence-corrected chi connectivity index (χ0v) is 10.9. The molecule has 0 spiro atoms. The molecule has 0 N–H and O–H groups in total. The topological polar surface area (TPSA) is 26.3 Å². The lowest BCUT2D eigenvalue weighted by Crippen LogP contribution is -2.00. The normalized spacial score (nSPS) is 21.6. The van der Waals surface area contributed by atoms with Gasteiger partial charge in [-0.05, 0) is 41.5 Å². The number of ether oxygens (including phenoxy) is 1. The van der Waals surface area contributed by atoms with Gasteiger partial charge in [-0.25, -0.2) is 0 Å². The third-order valence-electron chi connectivity index (χ3n) is 3.41. The smallest absolute Gasteiger partial charge is 0.176 e. The van der Waals surface area contributed by atoms with E-state index in [0.29, 0.717) is 5.92 Å². The molecule has 1 aromatic carbocycles. The van der Waals surface area contributed by atoms with Crippen LogP contribution in [0.4, 0.5) is 0 Å². The Kier molecular flexibility index (Phi) is 2.92. The highest BCUT2D eigenvalue weighted by atomic mass is 32.1. The number of Topliss-reactive ketones (excluding diaryl/α,β-unsaturated/α-hetero) is 1. The second-order valence-corrected chi connectivity index (χ2v) is 5.51. The van der Waals surface area contributed by atoms with E-state index in [9.17, 15) is 4.79 Å². The van der Waals surface area contributed by atoms with Crippen LogP contribution < -0.4 is 4.74 Å². The number of rotatable bonds is 4. The van der Waals surface area contributed by atoms with E-state index in [1.165, 1.54) is 16.9 Å². The first-order valence-corrected chi connectivity index (χ1v) is 6.89. The lowest BCUT2D eigenvalue weighted by molar-refractivity contribution is 0.0969. The van der Waals surface area contributed by atoms with E-state index in [1.54, 1.807) is 7.11 Å². The maximum atomic E-state index is 12.2. The highest BCUT2D eigenvalue weighted by molar-refractivity contribution is 7.12. The molecule has 2 atom stereocenters. The molecule has 1 saturated carbocycles. The van der Waals surface area contributed by atoms with Crippen LogP contribution in [0.15, 0.2) is 41.8 Å². The summed E-state index contributed by atoms with van der Waals surface area (Å²) in [6.45, 7) is 0. The number of hydrogen-bond donors (Lipinski definition) is 0. The van der Waals surface area contributed by atoms with Gasteiger partial charge in [-0.15, -0.1) is 11.3 Å². The van der Waals surface area contributed by atoms with Crippen LogP contribution in [0.5, 0.6) is 5.75 Å². The number of carbonyl (C=O) groups excluding carboxylic acids is 1. The summed E-state index contributed by atoms with van der Waals surface area (Å²) >= 11 is 1.53. The number of thiophene rings is 1. The molecule has 3 heteroatoms. The average Bonchev–Trinajstić information content (AvgIpc) is 3.03. The Balaban J connectivity index is 1.75. The largest absolute Gasteiger partial charge is 0.497 e. The Labute approximate surface area is 110 Å². The second-order valence-electron chi connectivity index (χ2n) is 4.57. The van der Waals surface area contributed by atoms with Crippen molar-refractivity contribution < 1.29 is 9.53 Å². The van der Waals surface area contributed by atoms with Crippen molar-refractivity contribution in [2.24, 2.45) is 5.92 Å². The Hall–Kier alpha value is -1.61. The van der Waals surface area contributed by atoms with Crippen LogP contribution >= 0.6 is 11.3 Å². The molecule has 0 aliphatic heterocycles. The average molecular weight is 258 g/mol. The quantitative estimate of drug-likeness (QED) is 0.781. The molecule has 1 aliphatic carbocycles. The Morgan fingerprint density at radius 2 is 2.22 bits per heavy atom. The predicted molar refractivity (Wildman–Crippen MR) is 72.5 cm³/mol. The minimum absolute atomic E-state index is 0.163. The summed E-state index contributed by atoms with van der Waals surface area (Å²) in [5.74, 6) is 1.69. The molecule has 18 heavy (non-hydrogen) atoms. The minimum Gasteiger partial charge on any atom is -0.497 e. The summed E-state index contributed by atoms with van der Waals surface area (Å²) in [6, 6.07) is 11.9. The van der Waals surface area contributed by atoms with Gasteiger partial charge in [-0.2, -0.15) is 0 Å². The van der Waals surface area contributed by atoms with Crippen molar-refractivity contribution in [3.63, 3.8) is 0 Å². The fourth-order valence-corrected chi connectivity index (χ4v) is 3.06. The minimum atomic E-state index is 0.163. The highest BCUT2D eigenvalue weighted by Crippen LogP contribution is 2.50. The summed E-state index contributed by atoms with van der Waals surface area (Å²) in [7, 11) is 1.67. The van der Waals surface area contributed by atoms with Crippen LogP contribution in [0.1, 0.15) is 27.6 Å². The molecule has 1 aromatic heterocycles. The first-order chi connectivity index (χ1) is 8.79. The predicted octanol–water partition coefficient (Wildman–Crippen LogP) is 3.74. The van der Waals surface area contributed by atoms with E-state index in [4.69, 9.17) is 4.74 Å². The van der Waals surface area contributed by atoms with Gasteiger partial charge in [0.25, 0.3) is 0 Å². The number of benzene rings is 1. The summed E-state index contributed by atoms with van der Waals surface area (Å²) in [5.41, 5.74) is 1.21. The number of methoxy groups -OCH3 is 1. The molecule has 2 nitrogen and oxygen atoms in total. The van der Waals surface area contributed by atoms with Gasteiger partial charge >= 0.3 is 0 Å². The molecule has 0 saturated heterocycles. The van der Waals surface area contributed by atoms with Crippen molar-refractivity contribution >= 4 is 17.1 Å². The molecule has 0 amide bonds. The first-order valence-electron chi connectivity index (χ1n) is 6.01. The molecule has 3 rings (SSSR count). The van der Waals surface area contributed by atoms with E-state index in [1.807, 2.05) is 35.7 Å². The van der Waals surface area contributed by atoms with Crippen LogP contribution in [-0.4, -0.2) is 12.9 Å². The molecule has 1 fully saturated rings. The second kappa shape index (κ2) is 4.58. The summed E-state index contributed by atoms with van der Waals surface area (Å²) < 4.78 is 5.22. The number of hydrogen-bond acceptors (Lipinski definition) is 3. The maximum Gasteiger partial charge on any atom is 0.176 e. The fraction of sp³-hybridized carbons (Fsp3) is 0.267. The Morgan fingerprint density at radius 3 is 2.94 bits per heavy atom. The molecular formula is C15H14O2S. The van der Waals surface area contributed by atoms with E-state index in [0.717, 1.165) is 17.0 Å². The molecule has 2 aromatic rings. The van der Waals surface area contributed by atoms with E-state index in [2.05, 4.69) is 6.07 Å². The lowest BCUT2D eigenvalue weighted by atomic mass is 10.1. The monoisotopic (exact) mass is 258 g/mol.